The molecule has 4 nitrogen and oxygen atoms in total. The first-order valence-electron chi connectivity index (χ1n) is 11.6. The number of nitrogens with zero attached hydrogens (tertiary/aromatic N) is 1. The van der Waals surface area contributed by atoms with Crippen molar-refractivity contribution in [2.45, 2.75) is 117 Å². The molecule has 0 aliphatic carbocycles. The minimum atomic E-state index is -0.131. The SMILES string of the molecule is CCCCCCCN(CCCCCCC)C(=O)CCCCC(=O)OCCC. The maximum Gasteiger partial charge on any atom is 0.305 e. The van der Waals surface area contributed by atoms with Crippen LogP contribution in [0, 0.1) is 0 Å². The minimum Gasteiger partial charge on any atom is -0.466 e. The van der Waals surface area contributed by atoms with Crippen LogP contribution >= 0.6 is 0 Å². The van der Waals surface area contributed by atoms with Gasteiger partial charge < -0.3 is 9.64 Å². The number of unbranched alkanes of at least 4 members (excludes halogenated alkanes) is 9. The highest BCUT2D eigenvalue weighted by Crippen LogP contribution is 2.11. The molecule has 0 N–H and O–H groups in total. The zero-order valence-electron chi connectivity index (χ0n) is 18.4. The predicted octanol–water partition coefficient (Wildman–Crippen LogP) is 6.27. The van der Waals surface area contributed by atoms with Crippen LogP contribution in [0.5, 0.6) is 0 Å². The van der Waals surface area contributed by atoms with Crippen LogP contribution in [-0.4, -0.2) is 36.5 Å². The van der Waals surface area contributed by atoms with E-state index in [1.807, 2.05) is 6.92 Å². The summed E-state index contributed by atoms with van der Waals surface area (Å²) >= 11 is 0. The van der Waals surface area contributed by atoms with Crippen LogP contribution in [0.3, 0.4) is 0 Å². The van der Waals surface area contributed by atoms with E-state index in [0.717, 1.165) is 45.2 Å². The predicted molar refractivity (Wildman–Crippen MR) is 114 cm³/mol. The van der Waals surface area contributed by atoms with Crippen LogP contribution in [0.4, 0.5) is 0 Å². The molecule has 1 amide bonds. The lowest BCUT2D eigenvalue weighted by atomic mass is 10.1. The summed E-state index contributed by atoms with van der Waals surface area (Å²) in [5, 5.41) is 0. The Labute approximate surface area is 168 Å². The number of hydrogen-bond acceptors (Lipinski definition) is 3. The topological polar surface area (TPSA) is 46.6 Å². The zero-order chi connectivity index (χ0) is 20.2. The fourth-order valence-corrected chi connectivity index (χ4v) is 3.17. The summed E-state index contributed by atoms with van der Waals surface area (Å²) < 4.78 is 5.08. The van der Waals surface area contributed by atoms with Gasteiger partial charge in [0.05, 0.1) is 6.61 Å². The smallest absolute Gasteiger partial charge is 0.305 e. The number of ether oxygens (including phenoxy) is 1. The molecular weight excluding hydrogens is 338 g/mol. The van der Waals surface area contributed by atoms with Gasteiger partial charge in [-0.2, -0.15) is 0 Å². The standard InChI is InChI=1S/C23H45NO3/c1-4-7-9-11-15-19-24(20-16-12-10-8-5-2)22(25)17-13-14-18-23(26)27-21-6-3/h4-21H2,1-3H3. The van der Waals surface area contributed by atoms with Gasteiger partial charge in [0.2, 0.25) is 5.91 Å². The van der Waals surface area contributed by atoms with Crippen molar-refractivity contribution in [2.75, 3.05) is 19.7 Å². The Morgan fingerprint density at radius 3 is 1.67 bits per heavy atom. The summed E-state index contributed by atoms with van der Waals surface area (Å²) in [6.45, 7) is 8.74. The van der Waals surface area contributed by atoms with Crippen LogP contribution in [0.1, 0.15) is 117 Å². The lowest BCUT2D eigenvalue weighted by molar-refractivity contribution is -0.144. The largest absolute Gasteiger partial charge is 0.466 e. The summed E-state index contributed by atoms with van der Waals surface area (Å²) in [6, 6.07) is 0. The van der Waals surface area contributed by atoms with Gasteiger partial charge in [0.1, 0.15) is 0 Å². The molecule has 0 aromatic heterocycles. The highest BCUT2D eigenvalue weighted by atomic mass is 16.5. The van der Waals surface area contributed by atoms with Gasteiger partial charge in [0.25, 0.3) is 0 Å². The molecule has 4 heteroatoms. The Bertz CT molecular complexity index is 344. The van der Waals surface area contributed by atoms with Gasteiger partial charge >= 0.3 is 5.97 Å². The molecule has 0 aromatic carbocycles. The van der Waals surface area contributed by atoms with Crippen molar-refractivity contribution in [2.24, 2.45) is 0 Å². The van der Waals surface area contributed by atoms with Crippen molar-refractivity contribution < 1.29 is 14.3 Å². The van der Waals surface area contributed by atoms with Gasteiger partial charge in [-0.1, -0.05) is 72.1 Å². The molecule has 0 fully saturated rings. The lowest BCUT2D eigenvalue weighted by Crippen LogP contribution is -2.32. The maximum atomic E-state index is 12.6. The summed E-state index contributed by atoms with van der Waals surface area (Å²) in [6.07, 6.45) is 15.7. The first-order chi connectivity index (χ1) is 13.2. The molecule has 0 aliphatic heterocycles. The van der Waals surface area contributed by atoms with E-state index in [1.165, 1.54) is 51.4 Å². The van der Waals surface area contributed by atoms with Crippen LogP contribution < -0.4 is 0 Å². The van der Waals surface area contributed by atoms with Crippen molar-refractivity contribution in [3.8, 4) is 0 Å². The van der Waals surface area contributed by atoms with Gasteiger partial charge in [-0.15, -0.1) is 0 Å². The van der Waals surface area contributed by atoms with Gasteiger partial charge in [-0.3, -0.25) is 9.59 Å². The first kappa shape index (κ1) is 25.9. The summed E-state index contributed by atoms with van der Waals surface area (Å²) in [5.41, 5.74) is 0. The Morgan fingerprint density at radius 2 is 1.15 bits per heavy atom. The summed E-state index contributed by atoms with van der Waals surface area (Å²) in [7, 11) is 0. The van der Waals surface area contributed by atoms with Gasteiger partial charge in [0.15, 0.2) is 0 Å². The number of rotatable bonds is 19. The van der Waals surface area contributed by atoms with E-state index >= 15 is 0 Å². The van der Waals surface area contributed by atoms with Crippen LogP contribution in [0.25, 0.3) is 0 Å². The number of carbonyl (C=O) groups is 2. The van der Waals surface area contributed by atoms with Gasteiger partial charge in [-0.05, 0) is 32.1 Å². The van der Waals surface area contributed by atoms with Crippen LogP contribution in [0.15, 0.2) is 0 Å². The zero-order valence-corrected chi connectivity index (χ0v) is 18.4. The molecule has 0 unspecified atom stereocenters. The van der Waals surface area contributed by atoms with Crippen molar-refractivity contribution in [1.82, 2.24) is 4.90 Å². The second kappa shape index (κ2) is 19.7. The molecule has 0 spiro atoms. The normalized spacial score (nSPS) is 10.8. The Morgan fingerprint density at radius 1 is 0.630 bits per heavy atom. The average molecular weight is 384 g/mol. The second-order valence-corrected chi connectivity index (χ2v) is 7.64. The van der Waals surface area contributed by atoms with E-state index in [9.17, 15) is 9.59 Å². The Kier molecular flexibility index (Phi) is 18.9. The van der Waals surface area contributed by atoms with E-state index in [1.54, 1.807) is 0 Å². The number of esters is 1. The Balaban J connectivity index is 4.10. The average Bonchev–Trinajstić information content (AvgIpc) is 2.67. The molecule has 0 aromatic rings. The maximum absolute atomic E-state index is 12.6. The molecular formula is C23H45NO3. The van der Waals surface area contributed by atoms with E-state index in [4.69, 9.17) is 4.74 Å². The molecule has 0 bridgehead atoms. The number of amides is 1. The number of carbonyl (C=O) groups excluding carboxylic acids is 2. The molecule has 0 heterocycles. The van der Waals surface area contributed by atoms with Crippen molar-refractivity contribution in [3.63, 3.8) is 0 Å². The fourth-order valence-electron chi connectivity index (χ4n) is 3.17. The molecule has 0 saturated heterocycles. The highest BCUT2D eigenvalue weighted by Gasteiger charge is 2.13. The van der Waals surface area contributed by atoms with Crippen LogP contribution in [-0.2, 0) is 14.3 Å². The minimum absolute atomic E-state index is 0.131. The lowest BCUT2D eigenvalue weighted by Gasteiger charge is -2.23. The molecule has 0 rings (SSSR count). The molecule has 27 heavy (non-hydrogen) atoms. The van der Waals surface area contributed by atoms with Crippen LogP contribution in [0.2, 0.25) is 0 Å². The molecule has 160 valence electrons. The Hall–Kier alpha value is -1.06. The third-order valence-corrected chi connectivity index (χ3v) is 4.90. The van der Waals surface area contributed by atoms with Crippen molar-refractivity contribution >= 4 is 11.9 Å². The molecule has 0 aliphatic rings. The van der Waals surface area contributed by atoms with E-state index in [0.29, 0.717) is 19.4 Å². The second-order valence-electron chi connectivity index (χ2n) is 7.64. The third-order valence-electron chi connectivity index (χ3n) is 4.90. The third kappa shape index (κ3) is 16.8. The fraction of sp³-hybridized carbons (Fsp3) is 0.913. The van der Waals surface area contributed by atoms with E-state index < -0.39 is 0 Å². The summed E-state index contributed by atoms with van der Waals surface area (Å²) in [5.74, 6) is 0.135. The van der Waals surface area contributed by atoms with E-state index in [2.05, 4.69) is 18.7 Å². The molecule has 0 saturated carbocycles. The van der Waals surface area contributed by atoms with Gasteiger partial charge in [0, 0.05) is 25.9 Å². The first-order valence-corrected chi connectivity index (χ1v) is 11.6. The van der Waals surface area contributed by atoms with Crippen molar-refractivity contribution in [3.05, 3.63) is 0 Å². The van der Waals surface area contributed by atoms with Crippen molar-refractivity contribution in [1.29, 1.82) is 0 Å². The van der Waals surface area contributed by atoms with E-state index in [-0.39, 0.29) is 11.9 Å². The molecule has 0 atom stereocenters. The van der Waals surface area contributed by atoms with Gasteiger partial charge in [-0.25, -0.2) is 0 Å². The monoisotopic (exact) mass is 383 g/mol. The highest BCUT2D eigenvalue weighted by molar-refractivity contribution is 5.76. The number of hydrogen-bond donors (Lipinski definition) is 0. The summed E-state index contributed by atoms with van der Waals surface area (Å²) in [4.78, 5) is 26.2. The quantitative estimate of drug-likeness (QED) is 0.195. The molecule has 0 radical (unpaired) electrons.